The summed E-state index contributed by atoms with van der Waals surface area (Å²) in [5.41, 5.74) is 2.03. The molecule has 1 aliphatic carbocycles. The Labute approximate surface area is 142 Å². The van der Waals surface area contributed by atoms with E-state index >= 15 is 0 Å². The highest BCUT2D eigenvalue weighted by atomic mass is 35.5. The number of carbonyl (C=O) groups is 1. The molecule has 0 aromatic heterocycles. The van der Waals surface area contributed by atoms with Crippen LogP contribution in [0.25, 0.3) is 0 Å². The number of nitrogens with one attached hydrogen (secondary N) is 1. The van der Waals surface area contributed by atoms with Crippen molar-refractivity contribution >= 4 is 17.5 Å². The highest BCUT2D eigenvalue weighted by Gasteiger charge is 2.51. The number of amides is 1. The molecule has 23 heavy (non-hydrogen) atoms. The van der Waals surface area contributed by atoms with E-state index < -0.39 is 0 Å². The largest absolute Gasteiger partial charge is 0.355 e. The first-order valence-corrected chi connectivity index (χ1v) is 8.63. The highest BCUT2D eigenvalue weighted by Crippen LogP contribution is 2.48. The molecule has 1 aliphatic rings. The van der Waals surface area contributed by atoms with Crippen molar-refractivity contribution in [3.05, 3.63) is 70.7 Å². The second kappa shape index (κ2) is 6.76. The molecule has 1 unspecified atom stereocenters. The first-order valence-electron chi connectivity index (χ1n) is 8.25. The Kier molecular flexibility index (Phi) is 4.72. The van der Waals surface area contributed by atoms with Crippen LogP contribution in [0.4, 0.5) is 0 Å². The molecule has 1 atom stereocenters. The monoisotopic (exact) mass is 327 g/mol. The fraction of sp³-hybridized carbons (Fsp3) is 0.350. The molecule has 120 valence electrons. The lowest BCUT2D eigenvalue weighted by Crippen LogP contribution is -2.37. The van der Waals surface area contributed by atoms with Crippen molar-refractivity contribution in [3.63, 3.8) is 0 Å². The summed E-state index contributed by atoms with van der Waals surface area (Å²) in [5.74, 6) is 0.510. The third kappa shape index (κ3) is 3.42. The SMILES string of the molecule is CCC(CNC(=O)C1(c2ccc(Cl)cc2)CC1)c1ccccc1. The number of rotatable bonds is 6. The van der Waals surface area contributed by atoms with Crippen LogP contribution in [-0.4, -0.2) is 12.5 Å². The van der Waals surface area contributed by atoms with Gasteiger partial charge in [0, 0.05) is 17.5 Å². The van der Waals surface area contributed by atoms with Crippen molar-refractivity contribution < 1.29 is 4.79 Å². The molecule has 0 bridgehead atoms. The average Bonchev–Trinajstić information content (AvgIpc) is 3.39. The van der Waals surface area contributed by atoms with Crippen molar-refractivity contribution in [1.82, 2.24) is 5.32 Å². The van der Waals surface area contributed by atoms with Crippen LogP contribution in [0.15, 0.2) is 54.6 Å². The van der Waals surface area contributed by atoms with Crippen molar-refractivity contribution in [1.29, 1.82) is 0 Å². The summed E-state index contributed by atoms with van der Waals surface area (Å²) in [5, 5.41) is 3.88. The molecule has 1 amide bonds. The van der Waals surface area contributed by atoms with Crippen LogP contribution in [-0.2, 0) is 10.2 Å². The summed E-state index contributed by atoms with van der Waals surface area (Å²) in [6.07, 6.45) is 2.85. The standard InChI is InChI=1S/C20H22ClNO/c1-2-15(16-6-4-3-5-7-16)14-22-19(23)20(12-13-20)17-8-10-18(21)11-9-17/h3-11,15H,2,12-14H2,1H3,(H,22,23). The second-order valence-corrected chi connectivity index (χ2v) is 6.75. The molecule has 3 rings (SSSR count). The van der Waals surface area contributed by atoms with Crippen LogP contribution in [0.1, 0.15) is 43.2 Å². The number of benzene rings is 2. The van der Waals surface area contributed by atoms with Gasteiger partial charge in [0.2, 0.25) is 5.91 Å². The van der Waals surface area contributed by atoms with E-state index in [9.17, 15) is 4.79 Å². The maximum absolute atomic E-state index is 12.7. The molecule has 1 fully saturated rings. The van der Waals surface area contributed by atoms with Crippen LogP contribution in [0.2, 0.25) is 5.02 Å². The number of carbonyl (C=O) groups excluding carboxylic acids is 1. The lowest BCUT2D eigenvalue weighted by atomic mass is 9.93. The maximum Gasteiger partial charge on any atom is 0.230 e. The summed E-state index contributed by atoms with van der Waals surface area (Å²) in [4.78, 5) is 12.7. The molecular formula is C20H22ClNO. The van der Waals surface area contributed by atoms with Gasteiger partial charge in [0.05, 0.1) is 5.41 Å². The van der Waals surface area contributed by atoms with Crippen molar-refractivity contribution in [2.75, 3.05) is 6.54 Å². The summed E-state index contributed by atoms with van der Waals surface area (Å²) in [6, 6.07) is 18.1. The Morgan fingerprint density at radius 1 is 1.13 bits per heavy atom. The predicted octanol–water partition coefficient (Wildman–Crippen LogP) is 4.68. The van der Waals surface area contributed by atoms with Gasteiger partial charge in [-0.15, -0.1) is 0 Å². The topological polar surface area (TPSA) is 29.1 Å². The smallest absolute Gasteiger partial charge is 0.230 e. The van der Waals surface area contributed by atoms with Gasteiger partial charge in [0.1, 0.15) is 0 Å². The van der Waals surface area contributed by atoms with Crippen LogP contribution in [0.5, 0.6) is 0 Å². The lowest BCUT2D eigenvalue weighted by molar-refractivity contribution is -0.123. The average molecular weight is 328 g/mol. The first kappa shape index (κ1) is 16.1. The van der Waals surface area contributed by atoms with Crippen molar-refractivity contribution in [2.24, 2.45) is 0 Å². The number of halogens is 1. The van der Waals surface area contributed by atoms with E-state index in [-0.39, 0.29) is 11.3 Å². The first-order chi connectivity index (χ1) is 11.2. The zero-order valence-electron chi connectivity index (χ0n) is 13.4. The minimum Gasteiger partial charge on any atom is -0.355 e. The molecule has 1 N–H and O–H groups in total. The third-order valence-corrected chi connectivity index (χ3v) is 5.11. The summed E-state index contributed by atoms with van der Waals surface area (Å²) in [7, 11) is 0. The minimum atomic E-state index is -0.334. The predicted molar refractivity (Wildman–Crippen MR) is 94.8 cm³/mol. The third-order valence-electron chi connectivity index (χ3n) is 4.85. The van der Waals surface area contributed by atoms with Crippen LogP contribution in [0, 0.1) is 0 Å². The normalized spacial score (nSPS) is 16.6. The zero-order chi connectivity index (χ0) is 16.3. The Hall–Kier alpha value is -1.80. The van der Waals surface area contributed by atoms with Crippen LogP contribution < -0.4 is 5.32 Å². The Morgan fingerprint density at radius 3 is 2.35 bits per heavy atom. The fourth-order valence-electron chi connectivity index (χ4n) is 3.15. The molecule has 0 heterocycles. The van der Waals surface area contributed by atoms with Gasteiger partial charge in [0.25, 0.3) is 0 Å². The van der Waals surface area contributed by atoms with Gasteiger partial charge in [-0.3, -0.25) is 4.79 Å². The molecule has 2 aromatic carbocycles. The molecule has 0 radical (unpaired) electrons. The summed E-state index contributed by atoms with van der Waals surface area (Å²) in [6.45, 7) is 2.85. The van der Waals surface area contributed by atoms with E-state index in [0.717, 1.165) is 24.8 Å². The highest BCUT2D eigenvalue weighted by molar-refractivity contribution is 6.30. The lowest BCUT2D eigenvalue weighted by Gasteiger charge is -2.20. The fourth-order valence-corrected chi connectivity index (χ4v) is 3.27. The summed E-state index contributed by atoms with van der Waals surface area (Å²) < 4.78 is 0. The van der Waals surface area contributed by atoms with Gasteiger partial charge < -0.3 is 5.32 Å². The maximum atomic E-state index is 12.7. The van der Waals surface area contributed by atoms with Crippen molar-refractivity contribution in [3.8, 4) is 0 Å². The van der Waals surface area contributed by atoms with Crippen LogP contribution in [0.3, 0.4) is 0 Å². The Bertz CT molecular complexity index is 662. The molecule has 0 saturated heterocycles. The Balaban J connectivity index is 1.66. The van der Waals surface area contributed by atoms with Gasteiger partial charge in [-0.1, -0.05) is 61.0 Å². The molecule has 1 saturated carbocycles. The van der Waals surface area contributed by atoms with E-state index in [0.29, 0.717) is 17.5 Å². The van der Waals surface area contributed by atoms with E-state index in [4.69, 9.17) is 11.6 Å². The van der Waals surface area contributed by atoms with Gasteiger partial charge in [-0.25, -0.2) is 0 Å². The molecule has 0 aliphatic heterocycles. The van der Waals surface area contributed by atoms with Gasteiger partial charge in [-0.05, 0) is 42.5 Å². The second-order valence-electron chi connectivity index (χ2n) is 6.31. The van der Waals surface area contributed by atoms with E-state index in [1.807, 2.05) is 30.3 Å². The van der Waals surface area contributed by atoms with Crippen LogP contribution >= 0.6 is 11.6 Å². The van der Waals surface area contributed by atoms with Gasteiger partial charge >= 0.3 is 0 Å². The number of hydrogen-bond donors (Lipinski definition) is 1. The van der Waals surface area contributed by atoms with E-state index in [1.54, 1.807) is 0 Å². The Morgan fingerprint density at radius 2 is 1.78 bits per heavy atom. The minimum absolute atomic E-state index is 0.147. The molecular weight excluding hydrogens is 306 g/mol. The molecule has 3 heteroatoms. The van der Waals surface area contributed by atoms with Crippen molar-refractivity contribution in [2.45, 2.75) is 37.5 Å². The summed E-state index contributed by atoms with van der Waals surface area (Å²) >= 11 is 5.95. The number of hydrogen-bond acceptors (Lipinski definition) is 1. The molecule has 0 spiro atoms. The molecule has 2 nitrogen and oxygen atoms in total. The van der Waals surface area contributed by atoms with E-state index in [2.05, 4.69) is 36.5 Å². The quantitative estimate of drug-likeness (QED) is 0.820. The zero-order valence-corrected chi connectivity index (χ0v) is 14.1. The van der Waals surface area contributed by atoms with Gasteiger partial charge in [0.15, 0.2) is 0 Å². The van der Waals surface area contributed by atoms with E-state index in [1.165, 1.54) is 5.56 Å². The van der Waals surface area contributed by atoms with Gasteiger partial charge in [-0.2, -0.15) is 0 Å². The molecule has 2 aromatic rings.